The average Bonchev–Trinajstić information content (AvgIpc) is 2.62. The summed E-state index contributed by atoms with van der Waals surface area (Å²) in [4.78, 5) is 11.5. The number of benzene rings is 2. The molecule has 130 valence electrons. The van der Waals surface area contributed by atoms with Gasteiger partial charge in [0.1, 0.15) is 11.5 Å². The van der Waals surface area contributed by atoms with Gasteiger partial charge in [-0.05, 0) is 61.2 Å². The van der Waals surface area contributed by atoms with Gasteiger partial charge in [-0.25, -0.2) is 0 Å². The molecule has 0 N–H and O–H groups in total. The number of hydrogen-bond donors (Lipinski definition) is 0. The van der Waals surface area contributed by atoms with E-state index in [-0.39, 0.29) is 0 Å². The summed E-state index contributed by atoms with van der Waals surface area (Å²) in [6.45, 7) is 6.70. The Morgan fingerprint density at radius 1 is 0.960 bits per heavy atom. The zero-order chi connectivity index (χ0) is 18.1. The molecular formula is C23H26O2. The molecule has 0 radical (unpaired) electrons. The maximum atomic E-state index is 11.5. The van der Waals surface area contributed by atoms with E-state index in [0.29, 0.717) is 31.1 Å². The molecule has 0 heterocycles. The van der Waals surface area contributed by atoms with Crippen LogP contribution in [-0.4, -0.2) is 12.4 Å². The second-order valence-corrected chi connectivity index (χ2v) is 6.31. The first-order chi connectivity index (χ1) is 12.1. The van der Waals surface area contributed by atoms with Crippen molar-refractivity contribution in [1.29, 1.82) is 0 Å². The highest BCUT2D eigenvalue weighted by Gasteiger charge is 2.08. The molecule has 0 amide bonds. The molecule has 0 spiro atoms. The fourth-order valence-corrected chi connectivity index (χ4v) is 2.68. The Morgan fingerprint density at radius 3 is 2.04 bits per heavy atom. The molecule has 1 unspecified atom stereocenters. The lowest BCUT2D eigenvalue weighted by Crippen LogP contribution is -2.07. The molecule has 1 atom stereocenters. The lowest BCUT2D eigenvalue weighted by atomic mass is 9.95. The highest BCUT2D eigenvalue weighted by molar-refractivity contribution is 5.78. The topological polar surface area (TPSA) is 26.3 Å². The standard InChI is InChI=1S/C23H26O2/c1-4-22(24)17-18(3)16-21-10-8-19(9-11-21)6-7-20-12-14-23(15-13-20)25-5-2/h8-15,18H,4-5,16-17H2,1-3H3. The lowest BCUT2D eigenvalue weighted by molar-refractivity contribution is -0.119. The van der Waals surface area contributed by atoms with Crippen LogP contribution in [0.3, 0.4) is 0 Å². The third-order valence-corrected chi connectivity index (χ3v) is 4.03. The summed E-state index contributed by atoms with van der Waals surface area (Å²) >= 11 is 0. The van der Waals surface area contributed by atoms with Gasteiger partial charge in [0.15, 0.2) is 0 Å². The van der Waals surface area contributed by atoms with Gasteiger partial charge in [-0.2, -0.15) is 0 Å². The molecule has 25 heavy (non-hydrogen) atoms. The summed E-state index contributed by atoms with van der Waals surface area (Å²) in [5, 5.41) is 0. The Kier molecular flexibility index (Phi) is 7.29. The molecular weight excluding hydrogens is 308 g/mol. The van der Waals surface area contributed by atoms with Gasteiger partial charge in [0.2, 0.25) is 0 Å². The molecule has 0 bridgehead atoms. The normalized spacial score (nSPS) is 11.3. The van der Waals surface area contributed by atoms with Crippen LogP contribution in [0.25, 0.3) is 0 Å². The zero-order valence-electron chi connectivity index (χ0n) is 15.3. The summed E-state index contributed by atoms with van der Waals surface area (Å²) in [7, 11) is 0. The van der Waals surface area contributed by atoms with Crippen LogP contribution < -0.4 is 4.74 Å². The minimum atomic E-state index is 0.338. The summed E-state index contributed by atoms with van der Waals surface area (Å²) < 4.78 is 5.43. The van der Waals surface area contributed by atoms with Crippen LogP contribution in [-0.2, 0) is 11.2 Å². The Bertz CT molecular complexity index is 730. The quantitative estimate of drug-likeness (QED) is 0.664. The Labute approximate surface area is 151 Å². The van der Waals surface area contributed by atoms with E-state index < -0.39 is 0 Å². The van der Waals surface area contributed by atoms with E-state index in [1.165, 1.54) is 5.56 Å². The summed E-state index contributed by atoms with van der Waals surface area (Å²) in [5.41, 5.74) is 3.22. The highest BCUT2D eigenvalue weighted by Crippen LogP contribution is 2.14. The van der Waals surface area contributed by atoms with Crippen LogP contribution in [0, 0.1) is 17.8 Å². The predicted octanol–water partition coefficient (Wildman–Crippen LogP) is 5.03. The van der Waals surface area contributed by atoms with Crippen molar-refractivity contribution >= 4 is 5.78 Å². The van der Waals surface area contributed by atoms with Gasteiger partial charge in [0.05, 0.1) is 6.61 Å². The van der Waals surface area contributed by atoms with Crippen molar-refractivity contribution in [3.8, 4) is 17.6 Å². The van der Waals surface area contributed by atoms with E-state index in [0.717, 1.165) is 23.3 Å². The van der Waals surface area contributed by atoms with Crippen molar-refractivity contribution in [2.75, 3.05) is 6.61 Å². The monoisotopic (exact) mass is 334 g/mol. The highest BCUT2D eigenvalue weighted by atomic mass is 16.5. The van der Waals surface area contributed by atoms with Crippen molar-refractivity contribution < 1.29 is 9.53 Å². The predicted molar refractivity (Wildman–Crippen MR) is 103 cm³/mol. The molecule has 2 nitrogen and oxygen atoms in total. The SMILES string of the molecule is CCOc1ccc(C#Cc2ccc(CC(C)CC(=O)CC)cc2)cc1. The molecule has 0 aliphatic carbocycles. The van der Waals surface area contributed by atoms with Crippen LogP contribution in [0.1, 0.15) is 50.3 Å². The lowest BCUT2D eigenvalue weighted by Gasteiger charge is -2.10. The molecule has 2 aromatic rings. The number of carbonyl (C=O) groups is 1. The molecule has 0 aromatic heterocycles. The van der Waals surface area contributed by atoms with E-state index in [4.69, 9.17) is 4.74 Å². The number of ether oxygens (including phenoxy) is 1. The first-order valence-electron chi connectivity index (χ1n) is 8.96. The summed E-state index contributed by atoms with van der Waals surface area (Å²) in [6, 6.07) is 16.1. The van der Waals surface area contributed by atoms with Crippen molar-refractivity contribution in [2.45, 2.75) is 40.0 Å². The number of Topliss-reactive ketones (excluding diaryl/α,β-unsaturated/α-hetero) is 1. The number of rotatable bonds is 7. The molecule has 2 rings (SSSR count). The van der Waals surface area contributed by atoms with Crippen LogP contribution >= 0.6 is 0 Å². The van der Waals surface area contributed by atoms with Gasteiger partial charge in [-0.3, -0.25) is 4.79 Å². The van der Waals surface area contributed by atoms with Gasteiger partial charge in [0.25, 0.3) is 0 Å². The van der Waals surface area contributed by atoms with E-state index >= 15 is 0 Å². The minimum absolute atomic E-state index is 0.338. The van der Waals surface area contributed by atoms with Crippen molar-refractivity contribution in [3.05, 3.63) is 65.2 Å². The van der Waals surface area contributed by atoms with Crippen LogP contribution in [0.15, 0.2) is 48.5 Å². The van der Waals surface area contributed by atoms with Crippen molar-refractivity contribution in [1.82, 2.24) is 0 Å². The van der Waals surface area contributed by atoms with E-state index in [2.05, 4.69) is 30.9 Å². The molecule has 0 aliphatic rings. The van der Waals surface area contributed by atoms with Gasteiger partial charge >= 0.3 is 0 Å². The van der Waals surface area contributed by atoms with Gasteiger partial charge in [0, 0.05) is 24.0 Å². The molecule has 0 saturated carbocycles. The van der Waals surface area contributed by atoms with Gasteiger partial charge < -0.3 is 4.74 Å². The fourth-order valence-electron chi connectivity index (χ4n) is 2.68. The second-order valence-electron chi connectivity index (χ2n) is 6.31. The third kappa shape index (κ3) is 6.47. The first-order valence-corrected chi connectivity index (χ1v) is 8.96. The summed E-state index contributed by atoms with van der Waals surface area (Å²) in [6.07, 6.45) is 2.22. The van der Waals surface area contributed by atoms with E-state index in [1.807, 2.05) is 50.2 Å². The molecule has 0 fully saturated rings. The molecule has 0 aliphatic heterocycles. The second kappa shape index (κ2) is 9.69. The van der Waals surface area contributed by atoms with Gasteiger partial charge in [-0.15, -0.1) is 0 Å². The van der Waals surface area contributed by atoms with Crippen molar-refractivity contribution in [2.24, 2.45) is 5.92 Å². The van der Waals surface area contributed by atoms with Crippen LogP contribution in [0.5, 0.6) is 5.75 Å². The molecule has 2 heteroatoms. The molecule has 2 aromatic carbocycles. The van der Waals surface area contributed by atoms with Crippen LogP contribution in [0.4, 0.5) is 0 Å². The summed E-state index contributed by atoms with van der Waals surface area (Å²) in [5.74, 6) is 7.95. The van der Waals surface area contributed by atoms with E-state index in [9.17, 15) is 4.79 Å². The largest absolute Gasteiger partial charge is 0.494 e. The smallest absolute Gasteiger partial charge is 0.132 e. The number of ketones is 1. The van der Waals surface area contributed by atoms with Crippen LogP contribution in [0.2, 0.25) is 0 Å². The van der Waals surface area contributed by atoms with Gasteiger partial charge in [-0.1, -0.05) is 37.8 Å². The third-order valence-electron chi connectivity index (χ3n) is 4.03. The Balaban J connectivity index is 1.95. The van der Waals surface area contributed by atoms with E-state index in [1.54, 1.807) is 0 Å². The fraction of sp³-hybridized carbons (Fsp3) is 0.348. The average molecular weight is 334 g/mol. The maximum absolute atomic E-state index is 11.5. The zero-order valence-corrected chi connectivity index (χ0v) is 15.3. The molecule has 0 saturated heterocycles. The maximum Gasteiger partial charge on any atom is 0.132 e. The first kappa shape index (κ1) is 18.8. The Morgan fingerprint density at radius 2 is 1.52 bits per heavy atom. The minimum Gasteiger partial charge on any atom is -0.494 e. The van der Waals surface area contributed by atoms with Crippen molar-refractivity contribution in [3.63, 3.8) is 0 Å². The number of hydrogen-bond acceptors (Lipinski definition) is 2. The Hall–Kier alpha value is -2.53. The number of carbonyl (C=O) groups excluding carboxylic acids is 1.